The quantitative estimate of drug-likeness (QED) is 0.787. The molecule has 0 spiro atoms. The number of pyridine rings is 1. The standard InChI is InChI=1S/C17H17N5O3/c1-11-3-6-15-19-16(20-22(15)10-11)18-13-5-4-12(9-14(13)24-2)21-7-8-25-17(21)23/h3-6,9-10H,7-8H2,1-2H3,(H,18,20). The lowest BCUT2D eigenvalue weighted by atomic mass is 10.2. The summed E-state index contributed by atoms with van der Waals surface area (Å²) in [6.07, 6.45) is 1.56. The van der Waals surface area contributed by atoms with Gasteiger partial charge in [0.1, 0.15) is 12.4 Å². The van der Waals surface area contributed by atoms with Gasteiger partial charge in [0.2, 0.25) is 5.95 Å². The van der Waals surface area contributed by atoms with Crippen LogP contribution in [0.3, 0.4) is 0 Å². The Kier molecular flexibility index (Phi) is 3.64. The van der Waals surface area contributed by atoms with E-state index in [4.69, 9.17) is 9.47 Å². The Hall–Kier alpha value is -3.29. The highest BCUT2D eigenvalue weighted by molar-refractivity contribution is 5.90. The van der Waals surface area contributed by atoms with Crippen LogP contribution < -0.4 is 15.0 Å². The van der Waals surface area contributed by atoms with E-state index in [1.165, 1.54) is 0 Å². The molecular weight excluding hydrogens is 322 g/mol. The number of amides is 1. The monoisotopic (exact) mass is 339 g/mol. The topological polar surface area (TPSA) is 81.0 Å². The highest BCUT2D eigenvalue weighted by atomic mass is 16.6. The summed E-state index contributed by atoms with van der Waals surface area (Å²) in [5.74, 6) is 1.06. The first-order chi connectivity index (χ1) is 12.1. The summed E-state index contributed by atoms with van der Waals surface area (Å²) in [4.78, 5) is 17.7. The zero-order chi connectivity index (χ0) is 17.4. The number of benzene rings is 1. The highest BCUT2D eigenvalue weighted by Crippen LogP contribution is 2.32. The summed E-state index contributed by atoms with van der Waals surface area (Å²) in [5.41, 5.74) is 3.29. The number of aryl methyl sites for hydroxylation is 1. The minimum absolute atomic E-state index is 0.347. The van der Waals surface area contributed by atoms with Crippen molar-refractivity contribution in [2.45, 2.75) is 6.92 Å². The van der Waals surface area contributed by atoms with Gasteiger partial charge in [-0.3, -0.25) is 4.90 Å². The fourth-order valence-corrected chi connectivity index (χ4v) is 2.74. The Morgan fingerprint density at radius 1 is 1.28 bits per heavy atom. The average molecular weight is 339 g/mol. The van der Waals surface area contributed by atoms with Crippen LogP contribution in [0, 0.1) is 6.92 Å². The largest absolute Gasteiger partial charge is 0.494 e. The lowest BCUT2D eigenvalue weighted by Crippen LogP contribution is -2.23. The van der Waals surface area contributed by atoms with Gasteiger partial charge in [0.15, 0.2) is 5.65 Å². The Morgan fingerprint density at radius 2 is 2.16 bits per heavy atom. The summed E-state index contributed by atoms with van der Waals surface area (Å²) in [7, 11) is 1.58. The predicted octanol–water partition coefficient (Wildman–Crippen LogP) is 2.75. The maximum absolute atomic E-state index is 11.7. The van der Waals surface area contributed by atoms with Gasteiger partial charge in [0.05, 0.1) is 25.0 Å². The predicted molar refractivity (Wildman–Crippen MR) is 92.7 cm³/mol. The second-order valence-corrected chi connectivity index (χ2v) is 5.72. The van der Waals surface area contributed by atoms with Gasteiger partial charge >= 0.3 is 6.09 Å². The Bertz CT molecular complexity index is 953. The molecule has 0 atom stereocenters. The first-order valence-electron chi connectivity index (χ1n) is 7.86. The van der Waals surface area contributed by atoms with E-state index in [-0.39, 0.29) is 6.09 Å². The van der Waals surface area contributed by atoms with Crippen LogP contribution in [-0.4, -0.2) is 41.0 Å². The van der Waals surface area contributed by atoms with Crippen molar-refractivity contribution in [1.29, 1.82) is 0 Å². The highest BCUT2D eigenvalue weighted by Gasteiger charge is 2.24. The minimum atomic E-state index is -0.347. The number of carbonyl (C=O) groups excluding carboxylic acids is 1. The molecule has 1 aromatic carbocycles. The van der Waals surface area contributed by atoms with Crippen molar-refractivity contribution in [1.82, 2.24) is 14.6 Å². The molecule has 1 fully saturated rings. The molecule has 0 radical (unpaired) electrons. The second-order valence-electron chi connectivity index (χ2n) is 5.72. The van der Waals surface area contributed by atoms with Crippen LogP contribution in [0.15, 0.2) is 36.5 Å². The van der Waals surface area contributed by atoms with E-state index in [0.29, 0.717) is 30.5 Å². The molecule has 2 aromatic heterocycles. The SMILES string of the molecule is COc1cc(N2CCOC2=O)ccc1Nc1nc2ccc(C)cn2n1. The first kappa shape index (κ1) is 15.3. The van der Waals surface area contributed by atoms with Crippen molar-refractivity contribution < 1.29 is 14.3 Å². The van der Waals surface area contributed by atoms with Gasteiger partial charge in [-0.15, -0.1) is 5.10 Å². The van der Waals surface area contributed by atoms with Crippen molar-refractivity contribution >= 4 is 29.1 Å². The van der Waals surface area contributed by atoms with Crippen LogP contribution in [0.2, 0.25) is 0 Å². The Labute approximate surface area is 144 Å². The van der Waals surface area contributed by atoms with E-state index in [9.17, 15) is 4.79 Å². The third kappa shape index (κ3) is 2.82. The molecule has 1 saturated heterocycles. The van der Waals surface area contributed by atoms with Gasteiger partial charge in [-0.05, 0) is 30.7 Å². The number of cyclic esters (lactones) is 1. The number of hydrogen-bond acceptors (Lipinski definition) is 6. The number of methoxy groups -OCH3 is 1. The zero-order valence-electron chi connectivity index (χ0n) is 13.9. The molecule has 8 nitrogen and oxygen atoms in total. The molecule has 1 N–H and O–H groups in total. The number of ether oxygens (including phenoxy) is 2. The van der Waals surface area contributed by atoms with E-state index < -0.39 is 0 Å². The van der Waals surface area contributed by atoms with E-state index in [0.717, 1.165) is 16.9 Å². The molecule has 128 valence electrons. The molecule has 8 heteroatoms. The molecule has 0 bridgehead atoms. The fraction of sp³-hybridized carbons (Fsp3) is 0.235. The molecule has 1 amide bonds. The molecule has 3 heterocycles. The third-order valence-corrected chi connectivity index (χ3v) is 3.98. The van der Waals surface area contributed by atoms with Gasteiger partial charge in [0, 0.05) is 12.3 Å². The lowest BCUT2D eigenvalue weighted by Gasteiger charge is -2.16. The third-order valence-electron chi connectivity index (χ3n) is 3.98. The number of rotatable bonds is 4. The molecular formula is C17H17N5O3. The fourth-order valence-electron chi connectivity index (χ4n) is 2.74. The first-order valence-corrected chi connectivity index (χ1v) is 7.86. The van der Waals surface area contributed by atoms with Crippen molar-refractivity contribution in [2.75, 3.05) is 30.5 Å². The summed E-state index contributed by atoms with van der Waals surface area (Å²) in [5, 5.41) is 7.57. The van der Waals surface area contributed by atoms with E-state index >= 15 is 0 Å². The van der Waals surface area contributed by atoms with Gasteiger partial charge in [0.25, 0.3) is 0 Å². The van der Waals surface area contributed by atoms with Crippen LogP contribution in [-0.2, 0) is 4.74 Å². The number of anilines is 3. The molecule has 0 aliphatic carbocycles. The van der Waals surface area contributed by atoms with E-state index in [1.807, 2.05) is 37.4 Å². The maximum Gasteiger partial charge on any atom is 0.414 e. The smallest absolute Gasteiger partial charge is 0.414 e. The molecule has 25 heavy (non-hydrogen) atoms. The number of carbonyl (C=O) groups is 1. The molecule has 1 aliphatic heterocycles. The van der Waals surface area contributed by atoms with Crippen LogP contribution in [0.25, 0.3) is 5.65 Å². The number of fused-ring (bicyclic) bond motifs is 1. The summed E-state index contributed by atoms with van der Waals surface area (Å²) in [6, 6.07) is 9.34. The number of nitrogens with zero attached hydrogens (tertiary/aromatic N) is 4. The van der Waals surface area contributed by atoms with E-state index in [2.05, 4.69) is 15.4 Å². The van der Waals surface area contributed by atoms with E-state index in [1.54, 1.807) is 22.6 Å². The summed E-state index contributed by atoms with van der Waals surface area (Å²) < 4.78 is 12.1. The van der Waals surface area contributed by atoms with Crippen LogP contribution in [0.5, 0.6) is 5.75 Å². The molecule has 0 unspecified atom stereocenters. The molecule has 4 rings (SSSR count). The van der Waals surface area contributed by atoms with Crippen molar-refractivity contribution in [3.8, 4) is 5.75 Å². The van der Waals surface area contributed by atoms with Crippen molar-refractivity contribution in [3.63, 3.8) is 0 Å². The minimum Gasteiger partial charge on any atom is -0.494 e. The summed E-state index contributed by atoms with van der Waals surface area (Å²) in [6.45, 7) is 2.92. The van der Waals surface area contributed by atoms with Gasteiger partial charge in [-0.2, -0.15) is 4.98 Å². The normalized spacial score (nSPS) is 14.0. The maximum atomic E-state index is 11.7. The average Bonchev–Trinajstić information content (AvgIpc) is 3.20. The van der Waals surface area contributed by atoms with Crippen LogP contribution in [0.4, 0.5) is 22.1 Å². The van der Waals surface area contributed by atoms with Gasteiger partial charge < -0.3 is 14.8 Å². The lowest BCUT2D eigenvalue weighted by molar-refractivity contribution is 0.181. The molecule has 0 saturated carbocycles. The number of aromatic nitrogens is 3. The number of hydrogen-bond donors (Lipinski definition) is 1. The van der Waals surface area contributed by atoms with Gasteiger partial charge in [-0.25, -0.2) is 9.31 Å². The number of nitrogens with one attached hydrogen (secondary N) is 1. The van der Waals surface area contributed by atoms with Crippen LogP contribution >= 0.6 is 0 Å². The zero-order valence-corrected chi connectivity index (χ0v) is 13.9. The second kappa shape index (κ2) is 5.97. The molecule has 1 aliphatic rings. The molecule has 3 aromatic rings. The van der Waals surface area contributed by atoms with Crippen molar-refractivity contribution in [2.24, 2.45) is 0 Å². The van der Waals surface area contributed by atoms with Crippen molar-refractivity contribution in [3.05, 3.63) is 42.1 Å². The summed E-state index contributed by atoms with van der Waals surface area (Å²) >= 11 is 0. The Balaban J connectivity index is 1.63. The Morgan fingerprint density at radius 3 is 2.92 bits per heavy atom. The van der Waals surface area contributed by atoms with Gasteiger partial charge in [-0.1, -0.05) is 6.07 Å². The van der Waals surface area contributed by atoms with Crippen LogP contribution in [0.1, 0.15) is 5.56 Å².